The lowest BCUT2D eigenvalue weighted by molar-refractivity contribution is -0.116. The second-order valence-electron chi connectivity index (χ2n) is 4.53. The molecule has 2 rings (SSSR count). The van der Waals surface area contributed by atoms with Crippen LogP contribution in [0.15, 0.2) is 28.4 Å². The molecule has 102 valence electrons. The lowest BCUT2D eigenvalue weighted by atomic mass is 10.1. The van der Waals surface area contributed by atoms with Crippen LogP contribution in [-0.4, -0.2) is 25.8 Å². The predicted octanol–water partition coefficient (Wildman–Crippen LogP) is 2.60. The number of hydrogen-bond acceptors (Lipinski definition) is 5. The summed E-state index contributed by atoms with van der Waals surface area (Å²) in [5, 5.41) is 10.6. The fourth-order valence-corrected chi connectivity index (χ4v) is 1.66. The molecule has 0 saturated carbocycles. The van der Waals surface area contributed by atoms with Gasteiger partial charge in [0.1, 0.15) is 11.5 Å². The molecule has 1 amide bonds. The smallest absolute Gasteiger partial charge is 0.224 e. The highest BCUT2D eigenvalue weighted by atomic mass is 16.5. The summed E-state index contributed by atoms with van der Waals surface area (Å²) in [6.07, 6.45) is 0.981. The van der Waals surface area contributed by atoms with Crippen LogP contribution >= 0.6 is 0 Å². The van der Waals surface area contributed by atoms with Crippen molar-refractivity contribution >= 4 is 11.6 Å². The number of nitrogens with zero attached hydrogens (tertiary/aromatic N) is 2. The zero-order chi connectivity index (χ0) is 13.9. The molecule has 0 saturated heterocycles. The number of hydrogen-bond donors (Lipinski definition) is 1. The molecule has 0 fully saturated rings. The van der Waals surface area contributed by atoms with Gasteiger partial charge in [-0.2, -0.15) is 10.2 Å². The summed E-state index contributed by atoms with van der Waals surface area (Å²) in [4.78, 5) is 11.9. The van der Waals surface area contributed by atoms with E-state index < -0.39 is 0 Å². The van der Waals surface area contributed by atoms with Gasteiger partial charge in [0.15, 0.2) is 5.66 Å². The SMILES string of the molecule is COc1ccc(OC)c(NC(=O)CCC2(C)N=N2)c1. The summed E-state index contributed by atoms with van der Waals surface area (Å²) in [7, 11) is 3.13. The maximum atomic E-state index is 11.9. The van der Waals surface area contributed by atoms with E-state index in [0.29, 0.717) is 30.0 Å². The highest BCUT2D eigenvalue weighted by molar-refractivity contribution is 5.92. The summed E-state index contributed by atoms with van der Waals surface area (Å²) in [6, 6.07) is 5.25. The molecule has 0 radical (unpaired) electrons. The van der Waals surface area contributed by atoms with Gasteiger partial charge in [-0.3, -0.25) is 4.79 Å². The third kappa shape index (κ3) is 3.43. The van der Waals surface area contributed by atoms with Crippen molar-refractivity contribution in [1.29, 1.82) is 0 Å². The molecule has 0 unspecified atom stereocenters. The van der Waals surface area contributed by atoms with Gasteiger partial charge in [-0.1, -0.05) is 0 Å². The molecule has 1 N–H and O–H groups in total. The largest absolute Gasteiger partial charge is 0.497 e. The quantitative estimate of drug-likeness (QED) is 0.857. The lowest BCUT2D eigenvalue weighted by Crippen LogP contribution is -2.15. The van der Waals surface area contributed by atoms with Crippen molar-refractivity contribution in [2.75, 3.05) is 19.5 Å². The first kappa shape index (κ1) is 13.3. The Morgan fingerprint density at radius 3 is 2.63 bits per heavy atom. The zero-order valence-electron chi connectivity index (χ0n) is 11.3. The van der Waals surface area contributed by atoms with Gasteiger partial charge in [0.25, 0.3) is 0 Å². The number of methoxy groups -OCH3 is 2. The van der Waals surface area contributed by atoms with Crippen LogP contribution in [0.25, 0.3) is 0 Å². The van der Waals surface area contributed by atoms with Crippen LogP contribution in [0.4, 0.5) is 5.69 Å². The highest BCUT2D eigenvalue weighted by Crippen LogP contribution is 2.33. The summed E-state index contributed by atoms with van der Waals surface area (Å²) in [5.41, 5.74) is 0.247. The normalized spacial score (nSPS) is 14.9. The van der Waals surface area contributed by atoms with Gasteiger partial charge >= 0.3 is 0 Å². The van der Waals surface area contributed by atoms with E-state index in [1.807, 2.05) is 6.92 Å². The van der Waals surface area contributed by atoms with Crippen molar-refractivity contribution in [3.63, 3.8) is 0 Å². The Balaban J connectivity index is 1.98. The van der Waals surface area contributed by atoms with Crippen molar-refractivity contribution in [3.05, 3.63) is 18.2 Å². The van der Waals surface area contributed by atoms with E-state index in [-0.39, 0.29) is 11.6 Å². The number of rotatable bonds is 6. The average molecular weight is 263 g/mol. The second kappa shape index (κ2) is 5.26. The molecule has 0 atom stereocenters. The van der Waals surface area contributed by atoms with Gasteiger partial charge in [-0.15, -0.1) is 0 Å². The molecule has 1 aromatic carbocycles. The van der Waals surface area contributed by atoms with E-state index in [1.54, 1.807) is 32.4 Å². The third-order valence-electron chi connectivity index (χ3n) is 2.95. The Morgan fingerprint density at radius 1 is 1.32 bits per heavy atom. The molecule has 6 heteroatoms. The average Bonchev–Trinajstić information content (AvgIpc) is 3.15. The summed E-state index contributed by atoms with van der Waals surface area (Å²) in [6.45, 7) is 1.90. The first-order valence-corrected chi connectivity index (χ1v) is 6.02. The number of anilines is 1. The van der Waals surface area contributed by atoms with Gasteiger partial charge in [0.05, 0.1) is 19.9 Å². The molecule has 1 aliphatic heterocycles. The maximum absolute atomic E-state index is 11.9. The molecule has 0 spiro atoms. The van der Waals surface area contributed by atoms with Crippen LogP contribution in [0.5, 0.6) is 11.5 Å². The van der Waals surface area contributed by atoms with Crippen LogP contribution in [0.1, 0.15) is 19.8 Å². The Bertz CT molecular complexity index is 508. The molecular weight excluding hydrogens is 246 g/mol. The van der Waals surface area contributed by atoms with E-state index in [2.05, 4.69) is 15.5 Å². The van der Waals surface area contributed by atoms with Crippen molar-refractivity contribution < 1.29 is 14.3 Å². The van der Waals surface area contributed by atoms with Gasteiger partial charge in [0, 0.05) is 18.9 Å². The monoisotopic (exact) mass is 263 g/mol. The fourth-order valence-electron chi connectivity index (χ4n) is 1.66. The Labute approximate surface area is 111 Å². The van der Waals surface area contributed by atoms with Crippen LogP contribution in [0, 0.1) is 0 Å². The van der Waals surface area contributed by atoms with E-state index >= 15 is 0 Å². The minimum absolute atomic E-state index is 0.0925. The van der Waals surface area contributed by atoms with Crippen LogP contribution in [-0.2, 0) is 4.79 Å². The minimum atomic E-state index is -0.351. The van der Waals surface area contributed by atoms with Gasteiger partial charge in [0.2, 0.25) is 5.91 Å². The Kier molecular flexibility index (Phi) is 3.69. The van der Waals surface area contributed by atoms with Crippen LogP contribution < -0.4 is 14.8 Å². The molecular formula is C13H17N3O3. The number of benzene rings is 1. The number of ether oxygens (including phenoxy) is 2. The first-order chi connectivity index (χ1) is 9.06. The second-order valence-corrected chi connectivity index (χ2v) is 4.53. The minimum Gasteiger partial charge on any atom is -0.497 e. The standard InChI is InChI=1S/C13H17N3O3/c1-13(15-16-13)7-6-12(17)14-10-8-9(18-2)4-5-11(10)19-3/h4-5,8H,6-7H2,1-3H3,(H,14,17). The van der Waals surface area contributed by atoms with E-state index in [4.69, 9.17) is 9.47 Å². The fraction of sp³-hybridized carbons (Fsp3) is 0.462. The summed E-state index contributed by atoms with van der Waals surface area (Å²) < 4.78 is 10.3. The topological polar surface area (TPSA) is 72.3 Å². The number of carbonyl (C=O) groups excluding carboxylic acids is 1. The summed E-state index contributed by atoms with van der Waals surface area (Å²) >= 11 is 0. The highest BCUT2D eigenvalue weighted by Gasteiger charge is 2.33. The molecule has 6 nitrogen and oxygen atoms in total. The zero-order valence-corrected chi connectivity index (χ0v) is 11.3. The third-order valence-corrected chi connectivity index (χ3v) is 2.95. The van der Waals surface area contributed by atoms with E-state index in [0.717, 1.165) is 0 Å². The molecule has 0 bridgehead atoms. The predicted molar refractivity (Wildman–Crippen MR) is 70.7 cm³/mol. The van der Waals surface area contributed by atoms with Crippen molar-refractivity contribution in [1.82, 2.24) is 0 Å². The van der Waals surface area contributed by atoms with Crippen LogP contribution in [0.2, 0.25) is 0 Å². The number of carbonyl (C=O) groups is 1. The Hall–Kier alpha value is -2.11. The molecule has 19 heavy (non-hydrogen) atoms. The first-order valence-electron chi connectivity index (χ1n) is 6.02. The lowest BCUT2D eigenvalue weighted by Gasteiger charge is -2.12. The molecule has 0 aromatic heterocycles. The number of nitrogens with one attached hydrogen (secondary N) is 1. The molecule has 1 aromatic rings. The Morgan fingerprint density at radius 2 is 2.05 bits per heavy atom. The van der Waals surface area contributed by atoms with Crippen LogP contribution in [0.3, 0.4) is 0 Å². The molecule has 0 aliphatic carbocycles. The van der Waals surface area contributed by atoms with Crippen molar-refractivity contribution in [2.45, 2.75) is 25.4 Å². The van der Waals surface area contributed by atoms with Gasteiger partial charge in [-0.05, 0) is 19.1 Å². The maximum Gasteiger partial charge on any atom is 0.224 e. The van der Waals surface area contributed by atoms with Crippen molar-refractivity contribution in [3.8, 4) is 11.5 Å². The van der Waals surface area contributed by atoms with Gasteiger partial charge in [-0.25, -0.2) is 0 Å². The van der Waals surface area contributed by atoms with E-state index in [1.165, 1.54) is 0 Å². The van der Waals surface area contributed by atoms with Gasteiger partial charge < -0.3 is 14.8 Å². The van der Waals surface area contributed by atoms with Crippen molar-refractivity contribution in [2.24, 2.45) is 10.2 Å². The van der Waals surface area contributed by atoms with E-state index in [9.17, 15) is 4.79 Å². The molecule has 1 aliphatic rings. The number of amides is 1. The molecule has 1 heterocycles. The summed E-state index contributed by atoms with van der Waals surface area (Å²) in [5.74, 6) is 1.17.